The van der Waals surface area contributed by atoms with Crippen molar-refractivity contribution in [3.63, 3.8) is 0 Å². The molecule has 63 heavy (non-hydrogen) atoms. The van der Waals surface area contributed by atoms with Gasteiger partial charge in [-0.1, -0.05) is 90.1 Å². The largest absolute Gasteiger partial charge is 0.517 e. The summed E-state index contributed by atoms with van der Waals surface area (Å²) in [5.74, 6) is -0.629. The van der Waals surface area contributed by atoms with Gasteiger partial charge >= 0.3 is 5.97 Å². The van der Waals surface area contributed by atoms with Crippen LogP contribution in [0.3, 0.4) is 0 Å². The number of benzene rings is 2. The molecule has 13 heteroatoms. The fourth-order valence-corrected chi connectivity index (χ4v) is 5.68. The van der Waals surface area contributed by atoms with Gasteiger partial charge in [0.25, 0.3) is 5.24 Å². The summed E-state index contributed by atoms with van der Waals surface area (Å²) < 4.78 is 8.98. The van der Waals surface area contributed by atoms with Gasteiger partial charge in [-0.05, 0) is 107 Å². The first-order valence-corrected chi connectivity index (χ1v) is 20.8. The molecule has 0 atom stereocenters. The van der Waals surface area contributed by atoms with Crippen molar-refractivity contribution in [2.24, 2.45) is 10.8 Å². The normalized spacial score (nSPS) is 12.3. The molecule has 12 nitrogen and oxygen atoms in total. The van der Waals surface area contributed by atoms with E-state index in [-0.39, 0.29) is 33.7 Å². The lowest BCUT2D eigenvalue weighted by Crippen LogP contribution is -2.23. The molecule has 0 aliphatic rings. The zero-order valence-corrected chi connectivity index (χ0v) is 40.1. The van der Waals surface area contributed by atoms with Gasteiger partial charge < -0.3 is 9.84 Å². The highest BCUT2D eigenvalue weighted by molar-refractivity contribution is 6.64. The van der Waals surface area contributed by atoms with Crippen LogP contribution in [-0.4, -0.2) is 35.9 Å². The maximum Gasteiger partial charge on any atom is 0.315 e. The second-order valence-corrected chi connectivity index (χ2v) is 18.9. The fraction of sp³-hybridized carbons (Fsp3) is 0.420. The number of aliphatic hydroxyl groups excluding tert-OH is 1. The molecule has 0 aliphatic carbocycles. The zero-order chi connectivity index (χ0) is 48.4. The highest BCUT2D eigenvalue weighted by Gasteiger charge is 2.31. The summed E-state index contributed by atoms with van der Waals surface area (Å²) in [5, 5.41) is 38.2. The number of carbonyl (C=O) groups excluding carboxylic acids is 2. The average molecular weight is 873 g/mol. The zero-order valence-electron chi connectivity index (χ0n) is 39.4. The van der Waals surface area contributed by atoms with Crippen molar-refractivity contribution in [2.75, 3.05) is 0 Å². The Labute approximate surface area is 379 Å². The minimum absolute atomic E-state index is 0.00841. The molecule has 4 rings (SSSR count). The third kappa shape index (κ3) is 13.2. The number of rotatable bonds is 8. The number of hydrogen-bond acceptors (Lipinski definition) is 8. The van der Waals surface area contributed by atoms with Crippen LogP contribution in [0.4, 0.5) is 0 Å². The van der Waals surface area contributed by atoms with E-state index >= 15 is 0 Å². The number of ether oxygens (including phenoxy) is 1. The van der Waals surface area contributed by atoms with E-state index in [1.165, 1.54) is 0 Å². The lowest BCUT2D eigenvalue weighted by molar-refractivity contribution is -0.145. The van der Waals surface area contributed by atoms with Gasteiger partial charge in [0.15, 0.2) is 11.2 Å². The van der Waals surface area contributed by atoms with E-state index in [9.17, 15) is 25.2 Å². The molecule has 2 aromatic carbocycles. The van der Waals surface area contributed by atoms with E-state index in [1.807, 2.05) is 62.4 Å². The summed E-state index contributed by atoms with van der Waals surface area (Å²) >= 11 is 5.05. The summed E-state index contributed by atoms with van der Waals surface area (Å²) in [6.45, 7) is 48.3. The Kier molecular flexibility index (Phi) is 17.5. The first-order chi connectivity index (χ1) is 29.0. The van der Waals surface area contributed by atoms with Crippen LogP contribution in [0.25, 0.3) is 32.6 Å². The first kappa shape index (κ1) is 52.5. The minimum atomic E-state index is -0.784. The van der Waals surface area contributed by atoms with Crippen LogP contribution in [0.1, 0.15) is 146 Å². The average Bonchev–Trinajstić information content (AvgIpc) is 3.71. The SMILES string of the molecule is [C-]#[N+]C(=C(O)c1c(C#N)c(C)nn1CC)c1ccc(C(C)(C)C)cc1.[C-]#[N+]C(=C(OC(=O)C(C)(C)C)c1c(C#N)c(C)nn1CC)c1ccc(C(C)(C)C)cc1.[CH2+]C(C)(C)C(=O)Cl. The van der Waals surface area contributed by atoms with Crippen molar-refractivity contribution < 1.29 is 19.4 Å². The molecular formula is C50H60ClN8O4+. The van der Waals surface area contributed by atoms with E-state index < -0.39 is 22.0 Å². The molecule has 0 bridgehead atoms. The van der Waals surface area contributed by atoms with Crippen LogP contribution in [0.15, 0.2) is 48.5 Å². The Bertz CT molecular complexity index is 2540. The standard InChI is InChI=1S/C25H30N4O2.C20H22N4O.C5H8ClO/c1-10-29-21(19(15-26)16(2)28-29)22(31-23(30)25(6,7)8)20(27-9)17-11-13-18(14-12-17)24(3,4)5;1-7-24-18(16(12-21)13(2)23-24)19(25)17(22-6)14-8-10-15(11-9-14)20(3,4)5;1-5(2,3)4(6)7/h11-14H,10H2,1-8H3;8-11,25H,7H2,1-5H3;1H2,2-3H3/q;;+1. The van der Waals surface area contributed by atoms with Gasteiger partial charge in [-0.25, -0.2) is 9.69 Å². The Morgan fingerprint density at radius 2 is 1.08 bits per heavy atom. The molecule has 0 radical (unpaired) electrons. The van der Waals surface area contributed by atoms with Crippen LogP contribution in [0.5, 0.6) is 0 Å². The predicted octanol–water partition coefficient (Wildman–Crippen LogP) is 12.0. The number of esters is 1. The van der Waals surface area contributed by atoms with Crippen LogP contribution in [0, 0.1) is 67.4 Å². The molecule has 0 saturated carbocycles. The van der Waals surface area contributed by atoms with Crippen molar-refractivity contribution in [3.05, 3.63) is 134 Å². The van der Waals surface area contributed by atoms with Gasteiger partial charge in [-0.15, -0.1) is 0 Å². The molecule has 0 spiro atoms. The predicted molar refractivity (Wildman–Crippen MR) is 250 cm³/mol. The monoisotopic (exact) mass is 871 g/mol. The number of aryl methyl sites for hydroxylation is 4. The van der Waals surface area contributed by atoms with Crippen molar-refractivity contribution >= 4 is 45.7 Å². The number of nitriles is 2. The van der Waals surface area contributed by atoms with E-state index in [1.54, 1.807) is 57.8 Å². The number of nitrogens with zero attached hydrogens (tertiary/aromatic N) is 8. The number of aromatic nitrogens is 4. The minimum Gasteiger partial charge on any atom is -0.517 e. The molecule has 0 saturated heterocycles. The molecule has 4 aromatic rings. The molecule has 2 heterocycles. The lowest BCUT2D eigenvalue weighted by Gasteiger charge is -2.21. The highest BCUT2D eigenvalue weighted by atomic mass is 35.5. The van der Waals surface area contributed by atoms with Crippen LogP contribution in [0.2, 0.25) is 0 Å². The van der Waals surface area contributed by atoms with Gasteiger partial charge in [-0.3, -0.25) is 19.0 Å². The molecule has 0 aliphatic heterocycles. The maximum absolute atomic E-state index is 12.8. The Hall–Kier alpha value is -6.60. The summed E-state index contributed by atoms with van der Waals surface area (Å²) in [4.78, 5) is 30.2. The Morgan fingerprint density at radius 1 is 0.730 bits per heavy atom. The smallest absolute Gasteiger partial charge is 0.315 e. The van der Waals surface area contributed by atoms with Crippen LogP contribution < -0.4 is 0 Å². The number of halogens is 1. The topological polar surface area (TPSA) is 156 Å². The molecule has 2 aromatic heterocycles. The van der Waals surface area contributed by atoms with Crippen LogP contribution >= 0.6 is 11.6 Å². The van der Waals surface area contributed by atoms with Crippen molar-refractivity contribution in [3.8, 4) is 12.1 Å². The quantitative estimate of drug-likeness (QED) is 0.0794. The van der Waals surface area contributed by atoms with Gasteiger partial charge in [0.05, 0.1) is 36.9 Å². The third-order valence-electron chi connectivity index (χ3n) is 9.57. The number of aliphatic hydroxyl groups is 1. The molecule has 0 unspecified atom stereocenters. The lowest BCUT2D eigenvalue weighted by atomic mass is 9.86. The summed E-state index contributed by atoms with van der Waals surface area (Å²) in [5.41, 5.74) is 4.67. The van der Waals surface area contributed by atoms with E-state index in [2.05, 4.69) is 80.5 Å². The van der Waals surface area contributed by atoms with Crippen molar-refractivity contribution in [1.82, 2.24) is 19.6 Å². The number of carbonyl (C=O) groups is 2. The fourth-order valence-electron chi connectivity index (χ4n) is 5.68. The van der Waals surface area contributed by atoms with Gasteiger partial charge in [-0.2, -0.15) is 20.7 Å². The van der Waals surface area contributed by atoms with E-state index in [0.717, 1.165) is 11.1 Å². The Balaban J connectivity index is 0.000000382. The van der Waals surface area contributed by atoms with Crippen molar-refractivity contribution in [2.45, 2.75) is 128 Å². The number of hydrogen-bond donors (Lipinski definition) is 1. The summed E-state index contributed by atoms with van der Waals surface area (Å²) in [6.07, 6.45) is 0. The second-order valence-electron chi connectivity index (χ2n) is 18.5. The Morgan fingerprint density at radius 3 is 1.38 bits per heavy atom. The van der Waals surface area contributed by atoms with Crippen LogP contribution in [-0.2, 0) is 38.2 Å². The van der Waals surface area contributed by atoms with Gasteiger partial charge in [0.1, 0.15) is 40.4 Å². The van der Waals surface area contributed by atoms with E-state index in [4.69, 9.17) is 29.5 Å². The third-order valence-corrected chi connectivity index (χ3v) is 10.1. The first-order valence-electron chi connectivity index (χ1n) is 20.4. The molecule has 0 fully saturated rings. The molecule has 330 valence electrons. The summed E-state index contributed by atoms with van der Waals surface area (Å²) in [6, 6.07) is 19.5. The van der Waals surface area contributed by atoms with E-state index in [0.29, 0.717) is 58.1 Å². The molecule has 0 amide bonds. The van der Waals surface area contributed by atoms with Gasteiger partial charge in [0.2, 0.25) is 11.4 Å². The summed E-state index contributed by atoms with van der Waals surface area (Å²) in [7, 11) is 0. The highest BCUT2D eigenvalue weighted by Crippen LogP contribution is 2.35. The van der Waals surface area contributed by atoms with Crippen molar-refractivity contribution in [1.29, 1.82) is 10.5 Å². The van der Waals surface area contributed by atoms with Gasteiger partial charge in [0, 0.05) is 13.1 Å². The second kappa shape index (κ2) is 21.0. The maximum atomic E-state index is 12.8. The molecular weight excluding hydrogens is 812 g/mol. The molecule has 1 N–H and O–H groups in total.